The molecule has 0 nitrogen and oxygen atoms in total. The topological polar surface area (TPSA) is 0 Å². The Morgan fingerprint density at radius 1 is 0.857 bits per heavy atom. The van der Waals surface area contributed by atoms with Crippen molar-refractivity contribution in [2.24, 2.45) is 0 Å². The fourth-order valence-corrected chi connectivity index (χ4v) is 22.7. The fraction of sp³-hybridized carbons (Fsp3) is 0.176. The van der Waals surface area contributed by atoms with Crippen molar-refractivity contribution in [3.63, 3.8) is 0 Å². The van der Waals surface area contributed by atoms with Gasteiger partial charge in [-0.1, -0.05) is 0 Å². The molecule has 21 heavy (non-hydrogen) atoms. The van der Waals surface area contributed by atoms with Crippen molar-refractivity contribution in [1.29, 1.82) is 0 Å². The van der Waals surface area contributed by atoms with Crippen molar-refractivity contribution >= 4 is 31.8 Å². The molecule has 0 atom stereocenters. The Hall–Kier alpha value is -0.153. The van der Waals surface area contributed by atoms with Gasteiger partial charge >= 0.3 is 122 Å². The Bertz CT molecular complexity index is 608. The van der Waals surface area contributed by atoms with Crippen LogP contribution in [0.1, 0.15) is 18.4 Å². The summed E-state index contributed by atoms with van der Waals surface area (Å²) in [7, 11) is 0. The van der Waals surface area contributed by atoms with Gasteiger partial charge in [-0.25, -0.2) is 0 Å². The number of allylic oxidation sites excluding steroid dienone is 8. The summed E-state index contributed by atoms with van der Waals surface area (Å²) < 4.78 is 4.89. The third-order valence-corrected chi connectivity index (χ3v) is 28.7. The Morgan fingerprint density at radius 2 is 1.38 bits per heavy atom. The van der Waals surface area contributed by atoms with Gasteiger partial charge in [-0.2, -0.15) is 0 Å². The summed E-state index contributed by atoms with van der Waals surface area (Å²) in [6, 6.07) is 11.1. The third-order valence-electron chi connectivity index (χ3n) is 4.12. The summed E-state index contributed by atoms with van der Waals surface area (Å²) in [6.45, 7) is 2.38. The normalized spacial score (nSPS) is 16.0. The van der Waals surface area contributed by atoms with Crippen LogP contribution in [0.25, 0.3) is 0 Å². The van der Waals surface area contributed by atoms with Crippen LogP contribution in [-0.2, 0) is 22.8 Å². The molecule has 0 heterocycles. The molecule has 4 heteroatoms. The summed E-state index contributed by atoms with van der Waals surface area (Å²) in [4.78, 5) is 0. The van der Waals surface area contributed by atoms with Crippen LogP contribution in [0.2, 0.25) is 0 Å². The fourth-order valence-electron chi connectivity index (χ4n) is 2.98. The number of halogens is 2. The van der Waals surface area contributed by atoms with Crippen LogP contribution >= 0.6 is 24.8 Å². The molecule has 2 aliphatic carbocycles. The van der Waals surface area contributed by atoms with E-state index in [9.17, 15) is 0 Å². The van der Waals surface area contributed by atoms with E-state index in [1.165, 1.54) is 22.6 Å². The predicted molar refractivity (Wildman–Crippen MR) is 96.9 cm³/mol. The molecule has 0 radical (unpaired) electrons. The van der Waals surface area contributed by atoms with Crippen molar-refractivity contribution in [2.75, 3.05) is 0 Å². The molecule has 0 saturated heterocycles. The Labute approximate surface area is 145 Å². The van der Waals surface area contributed by atoms with Gasteiger partial charge in [-0.15, -0.1) is 24.8 Å². The number of hydrogen-bond donors (Lipinski definition) is 0. The molecule has 3 rings (SSSR count). The summed E-state index contributed by atoms with van der Waals surface area (Å²) in [5, 5.41) is 0. The molecule has 111 valence electrons. The van der Waals surface area contributed by atoms with E-state index in [1.54, 1.807) is 6.66 Å². The molecule has 0 aromatic heterocycles. The SMILES string of the molecule is Cl.Cl.[SiH2]=[Hf]([CH2]c1ccccc1)([C]1=CC=CC1)[C]1=CC=CC1. The number of benzene rings is 1. The Balaban J connectivity index is 0.00000110. The first-order valence-electron chi connectivity index (χ1n) is 6.91. The average molecular weight is 503 g/mol. The molecule has 1 aromatic carbocycles. The summed E-state index contributed by atoms with van der Waals surface area (Å²) in [6.07, 6.45) is 16.4. The van der Waals surface area contributed by atoms with E-state index < -0.39 is 18.6 Å². The minimum atomic E-state index is -2.51. The maximum atomic E-state index is 2.41. The van der Waals surface area contributed by atoms with Gasteiger partial charge in [0, 0.05) is 0 Å². The van der Waals surface area contributed by atoms with E-state index in [0.29, 0.717) is 0 Å². The molecule has 0 spiro atoms. The maximum absolute atomic E-state index is 2.51. The molecule has 0 N–H and O–H groups in total. The van der Waals surface area contributed by atoms with Gasteiger partial charge in [0.2, 0.25) is 0 Å². The second-order valence-corrected chi connectivity index (χ2v) is 28.9. The predicted octanol–water partition coefficient (Wildman–Crippen LogP) is 4.42. The summed E-state index contributed by atoms with van der Waals surface area (Å²) >= 11 is -2.51. The van der Waals surface area contributed by atoms with Crippen molar-refractivity contribution in [3.05, 3.63) is 79.0 Å². The summed E-state index contributed by atoms with van der Waals surface area (Å²) in [5.41, 5.74) is 1.53. The monoisotopic (exact) mass is 503 g/mol. The molecule has 0 saturated carbocycles. The average Bonchev–Trinajstić information content (AvgIpc) is 3.14. The minimum absolute atomic E-state index is 0. The zero-order valence-corrected chi connectivity index (χ0v) is 18.6. The first kappa shape index (κ1) is 18.9. The van der Waals surface area contributed by atoms with Gasteiger partial charge in [-0.3, -0.25) is 0 Å². The van der Waals surface area contributed by atoms with Crippen molar-refractivity contribution in [2.45, 2.75) is 17.0 Å². The number of hydrogen-bond acceptors (Lipinski definition) is 0. The van der Waals surface area contributed by atoms with Crippen molar-refractivity contribution in [3.8, 4) is 0 Å². The van der Waals surface area contributed by atoms with Gasteiger partial charge < -0.3 is 0 Å². The van der Waals surface area contributed by atoms with Crippen LogP contribution in [0.3, 0.4) is 0 Å². The van der Waals surface area contributed by atoms with Crippen molar-refractivity contribution in [1.82, 2.24) is 0 Å². The number of rotatable bonds is 4. The molecule has 0 bridgehead atoms. The van der Waals surface area contributed by atoms with E-state index in [2.05, 4.69) is 73.7 Å². The van der Waals surface area contributed by atoms with Gasteiger partial charge in [0.1, 0.15) is 0 Å². The second-order valence-electron chi connectivity index (χ2n) is 5.39. The van der Waals surface area contributed by atoms with E-state index in [-0.39, 0.29) is 24.8 Å². The van der Waals surface area contributed by atoms with Crippen LogP contribution in [0.15, 0.2) is 73.4 Å². The summed E-state index contributed by atoms with van der Waals surface area (Å²) in [5.74, 6) is 0. The van der Waals surface area contributed by atoms with Crippen molar-refractivity contribution < 1.29 is 18.6 Å². The van der Waals surface area contributed by atoms with Crippen LogP contribution in [0.4, 0.5) is 0 Å². The molecular formula is C17H21Cl2HfSi. The van der Waals surface area contributed by atoms with Gasteiger partial charge in [0.25, 0.3) is 0 Å². The Kier molecular flexibility index (Phi) is 7.62. The second kappa shape index (κ2) is 8.47. The van der Waals surface area contributed by atoms with E-state index in [1.807, 2.05) is 0 Å². The standard InChI is InChI=1S/C7H7.2C5H5.2ClH.Hf.H2Si/c1-7-5-3-2-4-6-7;2*1-2-4-5-3-1;;;;/h2-6H,1H2;2*1-3H,4H2;2*1H;;1H2. The molecule has 0 amide bonds. The van der Waals surface area contributed by atoms with Gasteiger partial charge in [0.15, 0.2) is 0 Å². The van der Waals surface area contributed by atoms with Crippen LogP contribution in [0, 0.1) is 0 Å². The Morgan fingerprint density at radius 3 is 1.81 bits per heavy atom. The molecule has 0 aliphatic heterocycles. The van der Waals surface area contributed by atoms with Gasteiger partial charge in [-0.05, 0) is 0 Å². The first-order chi connectivity index (χ1) is 9.29. The molecule has 0 unspecified atom stereocenters. The zero-order chi connectivity index (χ0) is 13.1. The van der Waals surface area contributed by atoms with E-state index in [0.717, 1.165) is 0 Å². The van der Waals surface area contributed by atoms with Gasteiger partial charge in [0.05, 0.1) is 0 Å². The van der Waals surface area contributed by atoms with E-state index >= 15 is 0 Å². The first-order valence-corrected chi connectivity index (χ1v) is 21.4. The zero-order valence-electron chi connectivity index (χ0n) is 12.0. The molecule has 1 aromatic rings. The van der Waals surface area contributed by atoms with Crippen LogP contribution in [0.5, 0.6) is 0 Å². The third kappa shape index (κ3) is 4.19. The molecular weight excluding hydrogens is 482 g/mol. The quantitative estimate of drug-likeness (QED) is 0.535. The van der Waals surface area contributed by atoms with Crippen LogP contribution in [-0.4, -0.2) is 6.94 Å². The molecule has 2 aliphatic rings. The van der Waals surface area contributed by atoms with Crippen LogP contribution < -0.4 is 0 Å². The van der Waals surface area contributed by atoms with E-state index in [4.69, 9.17) is 0 Å². The molecule has 0 fully saturated rings.